The molecule has 0 aliphatic rings. The van der Waals surface area contributed by atoms with Gasteiger partial charge in [-0.3, -0.25) is 4.79 Å². The summed E-state index contributed by atoms with van der Waals surface area (Å²) in [4.78, 5) is 21.2. The average Bonchev–Trinajstić information content (AvgIpc) is 3.19. The third kappa shape index (κ3) is 4.69. The Bertz CT molecular complexity index is 1180. The Kier molecular flexibility index (Phi) is 5.81. The summed E-state index contributed by atoms with van der Waals surface area (Å²) in [6, 6.07) is 16.7. The van der Waals surface area contributed by atoms with Crippen molar-refractivity contribution < 1.29 is 13.9 Å². The molecule has 1 N–H and O–H groups in total. The summed E-state index contributed by atoms with van der Waals surface area (Å²) in [5, 5.41) is 5.79. The number of thiazole rings is 1. The Morgan fingerprint density at radius 3 is 2.70 bits per heavy atom. The van der Waals surface area contributed by atoms with E-state index in [-0.39, 0.29) is 12.5 Å². The first kappa shape index (κ1) is 19.7. The van der Waals surface area contributed by atoms with Crippen LogP contribution in [-0.4, -0.2) is 15.9 Å². The molecule has 7 heteroatoms. The van der Waals surface area contributed by atoms with E-state index in [2.05, 4.69) is 15.3 Å². The van der Waals surface area contributed by atoms with Crippen molar-refractivity contribution in [2.24, 2.45) is 0 Å². The van der Waals surface area contributed by atoms with Crippen molar-refractivity contribution in [2.75, 3.05) is 0 Å². The number of halogens is 1. The normalized spacial score (nSPS) is 10.6. The third-order valence-electron chi connectivity index (χ3n) is 4.31. The molecule has 0 aliphatic carbocycles. The number of ether oxygens (including phenoxy) is 1. The lowest BCUT2D eigenvalue weighted by molar-refractivity contribution is 0.0950. The van der Waals surface area contributed by atoms with Gasteiger partial charge in [0.2, 0.25) is 5.88 Å². The molecule has 0 bridgehead atoms. The largest absolute Gasteiger partial charge is 0.439 e. The van der Waals surface area contributed by atoms with Crippen molar-refractivity contribution in [3.8, 4) is 22.2 Å². The fourth-order valence-corrected chi connectivity index (χ4v) is 3.62. The van der Waals surface area contributed by atoms with Gasteiger partial charge >= 0.3 is 0 Å². The number of carbonyl (C=O) groups is 1. The van der Waals surface area contributed by atoms with Crippen LogP contribution in [0.2, 0.25) is 0 Å². The fraction of sp³-hybridized carbons (Fsp3) is 0.0870. The summed E-state index contributed by atoms with van der Waals surface area (Å²) in [5.74, 6) is 0.0549. The van der Waals surface area contributed by atoms with Crippen LogP contribution in [0.3, 0.4) is 0 Å². The maximum absolute atomic E-state index is 13.4. The number of hydrogen-bond donors (Lipinski definition) is 1. The number of aromatic nitrogens is 2. The molecule has 0 saturated heterocycles. The Balaban J connectivity index is 1.43. The van der Waals surface area contributed by atoms with E-state index < -0.39 is 5.82 Å². The molecule has 2 aromatic heterocycles. The van der Waals surface area contributed by atoms with Crippen molar-refractivity contribution in [1.29, 1.82) is 0 Å². The molecule has 0 spiro atoms. The monoisotopic (exact) mass is 419 g/mol. The Morgan fingerprint density at radius 1 is 1.13 bits per heavy atom. The zero-order valence-electron chi connectivity index (χ0n) is 16.1. The van der Waals surface area contributed by atoms with Crippen LogP contribution in [-0.2, 0) is 6.54 Å². The van der Waals surface area contributed by atoms with Crippen LogP contribution in [0.15, 0.2) is 72.2 Å². The number of hydrogen-bond acceptors (Lipinski definition) is 5. The first-order chi connectivity index (χ1) is 14.6. The summed E-state index contributed by atoms with van der Waals surface area (Å²) in [6.07, 6.45) is 1.58. The second kappa shape index (κ2) is 8.84. The molecule has 0 unspecified atom stereocenters. The topological polar surface area (TPSA) is 64.1 Å². The quantitative estimate of drug-likeness (QED) is 0.456. The lowest BCUT2D eigenvalue weighted by Gasteiger charge is -2.11. The molecule has 0 aliphatic heterocycles. The van der Waals surface area contributed by atoms with Gasteiger partial charge in [-0.25, -0.2) is 14.4 Å². The van der Waals surface area contributed by atoms with Crippen LogP contribution in [0.25, 0.3) is 10.6 Å². The van der Waals surface area contributed by atoms with Crippen LogP contribution < -0.4 is 10.1 Å². The van der Waals surface area contributed by atoms with Gasteiger partial charge in [0.25, 0.3) is 5.91 Å². The summed E-state index contributed by atoms with van der Waals surface area (Å²) in [6.45, 7) is 2.18. The molecule has 0 atom stereocenters. The van der Waals surface area contributed by atoms with Gasteiger partial charge in [0.15, 0.2) is 0 Å². The van der Waals surface area contributed by atoms with E-state index in [1.165, 1.54) is 12.1 Å². The molecule has 150 valence electrons. The van der Waals surface area contributed by atoms with E-state index >= 15 is 0 Å². The van der Waals surface area contributed by atoms with Gasteiger partial charge in [0.05, 0.1) is 0 Å². The van der Waals surface area contributed by atoms with Gasteiger partial charge in [0, 0.05) is 46.6 Å². The molecule has 5 nitrogen and oxygen atoms in total. The highest BCUT2D eigenvalue weighted by Gasteiger charge is 2.11. The minimum atomic E-state index is -0.394. The first-order valence-corrected chi connectivity index (χ1v) is 10.1. The van der Waals surface area contributed by atoms with Gasteiger partial charge in [-0.1, -0.05) is 24.3 Å². The van der Waals surface area contributed by atoms with E-state index in [9.17, 15) is 9.18 Å². The van der Waals surface area contributed by atoms with Crippen molar-refractivity contribution in [2.45, 2.75) is 13.5 Å². The molecule has 2 heterocycles. The van der Waals surface area contributed by atoms with E-state index in [1.54, 1.807) is 53.9 Å². The summed E-state index contributed by atoms with van der Waals surface area (Å²) in [7, 11) is 0. The number of rotatable bonds is 6. The van der Waals surface area contributed by atoms with Gasteiger partial charge in [-0.15, -0.1) is 11.3 Å². The number of pyridine rings is 1. The van der Waals surface area contributed by atoms with E-state index in [0.717, 1.165) is 16.3 Å². The van der Waals surface area contributed by atoms with E-state index in [4.69, 9.17) is 4.74 Å². The van der Waals surface area contributed by atoms with Gasteiger partial charge in [-0.05, 0) is 37.3 Å². The lowest BCUT2D eigenvalue weighted by Crippen LogP contribution is -2.23. The van der Waals surface area contributed by atoms with Crippen LogP contribution in [0.1, 0.15) is 21.6 Å². The highest BCUT2D eigenvalue weighted by atomic mass is 32.1. The molecule has 0 saturated carbocycles. The number of aryl methyl sites for hydroxylation is 1. The van der Waals surface area contributed by atoms with Gasteiger partial charge < -0.3 is 10.1 Å². The van der Waals surface area contributed by atoms with Crippen molar-refractivity contribution >= 4 is 17.2 Å². The molecular weight excluding hydrogens is 401 g/mol. The summed E-state index contributed by atoms with van der Waals surface area (Å²) >= 11 is 1.57. The van der Waals surface area contributed by atoms with Crippen LogP contribution in [0.4, 0.5) is 4.39 Å². The van der Waals surface area contributed by atoms with E-state index in [0.29, 0.717) is 22.8 Å². The number of carbonyl (C=O) groups excluding carboxylic acids is 1. The molecule has 2 aromatic carbocycles. The second-order valence-electron chi connectivity index (χ2n) is 6.58. The second-order valence-corrected chi connectivity index (χ2v) is 7.44. The standard InChI is InChI=1S/C23H18FN3O2S/c1-15-14-30-23(27-15)17-9-7-16(8-10-17)21(28)26-13-18-4-3-11-25-22(18)29-20-6-2-5-19(24)12-20/h2-12,14H,13H2,1H3,(H,26,28). The lowest BCUT2D eigenvalue weighted by atomic mass is 10.1. The smallest absolute Gasteiger partial charge is 0.251 e. The minimum Gasteiger partial charge on any atom is -0.439 e. The molecule has 30 heavy (non-hydrogen) atoms. The maximum Gasteiger partial charge on any atom is 0.251 e. The van der Waals surface area contributed by atoms with Crippen LogP contribution in [0, 0.1) is 12.7 Å². The highest BCUT2D eigenvalue weighted by Crippen LogP contribution is 2.25. The third-order valence-corrected chi connectivity index (χ3v) is 5.32. The minimum absolute atomic E-state index is 0.211. The molecule has 0 fully saturated rings. The predicted octanol–water partition coefficient (Wildman–Crippen LogP) is 5.37. The summed E-state index contributed by atoms with van der Waals surface area (Å²) < 4.78 is 19.1. The highest BCUT2D eigenvalue weighted by molar-refractivity contribution is 7.13. The van der Waals surface area contributed by atoms with Crippen LogP contribution >= 0.6 is 11.3 Å². The maximum atomic E-state index is 13.4. The van der Waals surface area contributed by atoms with Crippen molar-refractivity contribution in [1.82, 2.24) is 15.3 Å². The van der Waals surface area contributed by atoms with Gasteiger partial charge in [-0.2, -0.15) is 0 Å². The predicted molar refractivity (Wildman–Crippen MR) is 114 cm³/mol. The molecular formula is C23H18FN3O2S. The molecule has 0 radical (unpaired) electrons. The Morgan fingerprint density at radius 2 is 1.97 bits per heavy atom. The Labute approximate surface area is 177 Å². The molecule has 1 amide bonds. The first-order valence-electron chi connectivity index (χ1n) is 9.26. The van der Waals surface area contributed by atoms with E-state index in [1.807, 2.05) is 24.4 Å². The summed E-state index contributed by atoms with van der Waals surface area (Å²) in [5.41, 5.74) is 3.18. The number of nitrogens with zero attached hydrogens (tertiary/aromatic N) is 2. The van der Waals surface area contributed by atoms with Crippen molar-refractivity contribution in [3.63, 3.8) is 0 Å². The Hall–Kier alpha value is -3.58. The van der Waals surface area contributed by atoms with Crippen LogP contribution in [0.5, 0.6) is 11.6 Å². The number of benzene rings is 2. The fourth-order valence-electron chi connectivity index (χ4n) is 2.82. The zero-order valence-corrected chi connectivity index (χ0v) is 16.9. The van der Waals surface area contributed by atoms with Gasteiger partial charge in [0.1, 0.15) is 16.6 Å². The number of nitrogens with one attached hydrogen (secondary N) is 1. The molecule has 4 rings (SSSR count). The van der Waals surface area contributed by atoms with Crippen molar-refractivity contribution in [3.05, 3.63) is 94.9 Å². The zero-order chi connectivity index (χ0) is 20.9. The average molecular weight is 419 g/mol. The molecule has 4 aromatic rings. The SMILES string of the molecule is Cc1csc(-c2ccc(C(=O)NCc3cccnc3Oc3cccc(F)c3)cc2)n1. The number of amides is 1.